The molecule has 1 aliphatic carbocycles. The van der Waals surface area contributed by atoms with Crippen LogP contribution in [-0.4, -0.2) is 48.8 Å². The van der Waals surface area contributed by atoms with Crippen molar-refractivity contribution in [2.75, 3.05) is 26.8 Å². The van der Waals surface area contributed by atoms with Crippen molar-refractivity contribution in [3.05, 3.63) is 0 Å². The van der Waals surface area contributed by atoms with Crippen LogP contribution in [0.5, 0.6) is 0 Å². The topological polar surface area (TPSA) is 49.8 Å². The zero-order valence-electron chi connectivity index (χ0n) is 12.2. The lowest BCUT2D eigenvalue weighted by atomic mass is 9.77. The maximum absolute atomic E-state index is 11.5. The average Bonchev–Trinajstić information content (AvgIpc) is 2.39. The van der Waals surface area contributed by atoms with Gasteiger partial charge in [-0.05, 0) is 50.5 Å². The summed E-state index contributed by atoms with van der Waals surface area (Å²) >= 11 is 0. The van der Waals surface area contributed by atoms with E-state index in [0.717, 1.165) is 39.0 Å². The molecule has 0 amide bonds. The fourth-order valence-corrected chi connectivity index (χ4v) is 3.81. The first kappa shape index (κ1) is 14.8. The molecule has 2 fully saturated rings. The molecular weight excluding hydrogens is 242 g/mol. The zero-order chi connectivity index (χ0) is 13.8. The van der Waals surface area contributed by atoms with Gasteiger partial charge in [0, 0.05) is 19.7 Å². The maximum Gasteiger partial charge on any atom is 0.308 e. The normalized spacial score (nSPS) is 37.2. The van der Waals surface area contributed by atoms with Crippen LogP contribution < -0.4 is 0 Å². The number of carboxylic acids is 1. The molecule has 1 saturated carbocycles. The Hall–Kier alpha value is -0.610. The van der Waals surface area contributed by atoms with Gasteiger partial charge in [0.15, 0.2) is 0 Å². The van der Waals surface area contributed by atoms with E-state index in [9.17, 15) is 9.90 Å². The van der Waals surface area contributed by atoms with Crippen LogP contribution in [-0.2, 0) is 9.53 Å². The number of rotatable bonds is 4. The standard InChI is InChI=1S/C15H27NO3/c1-11-5-6-13(15(17)18)14(8-11)16-7-3-4-12(9-16)10-19-2/h11-14H,3-10H2,1-2H3,(H,17,18). The van der Waals surface area contributed by atoms with E-state index in [4.69, 9.17) is 4.74 Å². The van der Waals surface area contributed by atoms with E-state index < -0.39 is 5.97 Å². The molecule has 0 bridgehead atoms. The summed E-state index contributed by atoms with van der Waals surface area (Å²) in [6.07, 6.45) is 5.32. The average molecular weight is 269 g/mol. The molecule has 4 atom stereocenters. The van der Waals surface area contributed by atoms with E-state index in [1.807, 2.05) is 0 Å². The molecule has 1 N–H and O–H groups in total. The highest BCUT2D eigenvalue weighted by Crippen LogP contribution is 2.34. The van der Waals surface area contributed by atoms with Crippen molar-refractivity contribution in [2.24, 2.45) is 17.8 Å². The van der Waals surface area contributed by atoms with Crippen LogP contribution in [0, 0.1) is 17.8 Å². The highest BCUT2D eigenvalue weighted by Gasteiger charge is 2.38. The number of carboxylic acid groups (broad SMARTS) is 1. The van der Waals surface area contributed by atoms with E-state index in [-0.39, 0.29) is 12.0 Å². The molecule has 0 aromatic heterocycles. The molecule has 1 saturated heterocycles. The molecule has 0 aromatic carbocycles. The molecular formula is C15H27NO3. The molecule has 0 radical (unpaired) electrons. The summed E-state index contributed by atoms with van der Waals surface area (Å²) in [5.41, 5.74) is 0. The lowest BCUT2D eigenvalue weighted by molar-refractivity contribution is -0.146. The molecule has 110 valence electrons. The van der Waals surface area contributed by atoms with Gasteiger partial charge < -0.3 is 9.84 Å². The molecule has 0 spiro atoms. The third-order valence-corrected chi connectivity index (χ3v) is 4.82. The molecule has 1 heterocycles. The van der Waals surface area contributed by atoms with E-state index in [2.05, 4.69) is 11.8 Å². The van der Waals surface area contributed by atoms with Crippen LogP contribution in [0.4, 0.5) is 0 Å². The second-order valence-corrected chi connectivity index (χ2v) is 6.39. The Bertz CT molecular complexity index is 306. The van der Waals surface area contributed by atoms with Gasteiger partial charge in [-0.25, -0.2) is 0 Å². The molecule has 0 aromatic rings. The Morgan fingerprint density at radius 3 is 2.84 bits per heavy atom. The van der Waals surface area contributed by atoms with Crippen LogP contribution in [0.1, 0.15) is 39.0 Å². The van der Waals surface area contributed by atoms with Gasteiger partial charge in [0.25, 0.3) is 0 Å². The number of hydrogen-bond donors (Lipinski definition) is 1. The summed E-state index contributed by atoms with van der Waals surface area (Å²) in [5.74, 6) is 0.456. The van der Waals surface area contributed by atoms with Gasteiger partial charge in [-0.3, -0.25) is 9.69 Å². The summed E-state index contributed by atoms with van der Waals surface area (Å²) in [5, 5.41) is 9.44. The maximum atomic E-state index is 11.5. The van der Waals surface area contributed by atoms with Crippen LogP contribution in [0.3, 0.4) is 0 Å². The quantitative estimate of drug-likeness (QED) is 0.850. The number of ether oxygens (including phenoxy) is 1. The number of aliphatic carboxylic acids is 1. The van der Waals surface area contributed by atoms with Gasteiger partial charge in [-0.1, -0.05) is 6.92 Å². The predicted molar refractivity (Wildman–Crippen MR) is 74.1 cm³/mol. The summed E-state index contributed by atoms with van der Waals surface area (Å²) in [6, 6.07) is 0.237. The van der Waals surface area contributed by atoms with Gasteiger partial charge >= 0.3 is 5.97 Å². The van der Waals surface area contributed by atoms with Crippen molar-refractivity contribution in [3.63, 3.8) is 0 Å². The smallest absolute Gasteiger partial charge is 0.308 e. The first-order valence-corrected chi connectivity index (χ1v) is 7.57. The second kappa shape index (κ2) is 6.71. The second-order valence-electron chi connectivity index (χ2n) is 6.39. The van der Waals surface area contributed by atoms with Crippen molar-refractivity contribution < 1.29 is 14.6 Å². The Morgan fingerprint density at radius 2 is 2.16 bits per heavy atom. The predicted octanol–water partition coefficient (Wildman–Crippen LogP) is 2.23. The van der Waals surface area contributed by atoms with Gasteiger partial charge in [0.2, 0.25) is 0 Å². The number of piperidine rings is 1. The number of methoxy groups -OCH3 is 1. The van der Waals surface area contributed by atoms with Gasteiger partial charge in [0.05, 0.1) is 12.5 Å². The molecule has 19 heavy (non-hydrogen) atoms. The van der Waals surface area contributed by atoms with Gasteiger partial charge in [0.1, 0.15) is 0 Å². The SMILES string of the molecule is COCC1CCCN(C2CC(C)CCC2C(=O)O)C1. The lowest BCUT2D eigenvalue weighted by Gasteiger charge is -2.44. The number of hydrogen-bond acceptors (Lipinski definition) is 3. The van der Waals surface area contributed by atoms with Crippen molar-refractivity contribution >= 4 is 5.97 Å². The van der Waals surface area contributed by atoms with E-state index >= 15 is 0 Å². The van der Waals surface area contributed by atoms with Crippen molar-refractivity contribution in [1.82, 2.24) is 4.90 Å². The van der Waals surface area contributed by atoms with Gasteiger partial charge in [-0.15, -0.1) is 0 Å². The number of carbonyl (C=O) groups is 1. The molecule has 4 nitrogen and oxygen atoms in total. The Kier molecular flexibility index (Phi) is 5.22. The van der Waals surface area contributed by atoms with Crippen LogP contribution >= 0.6 is 0 Å². The third-order valence-electron chi connectivity index (χ3n) is 4.82. The van der Waals surface area contributed by atoms with Crippen LogP contribution in [0.2, 0.25) is 0 Å². The van der Waals surface area contributed by atoms with E-state index in [1.165, 1.54) is 12.8 Å². The minimum absolute atomic E-state index is 0.169. The van der Waals surface area contributed by atoms with Crippen LogP contribution in [0.15, 0.2) is 0 Å². The first-order valence-electron chi connectivity index (χ1n) is 7.57. The molecule has 1 aliphatic heterocycles. The van der Waals surface area contributed by atoms with Gasteiger partial charge in [-0.2, -0.15) is 0 Å². The first-order chi connectivity index (χ1) is 9.11. The van der Waals surface area contributed by atoms with Crippen molar-refractivity contribution in [3.8, 4) is 0 Å². The summed E-state index contributed by atoms with van der Waals surface area (Å²) in [7, 11) is 1.75. The van der Waals surface area contributed by atoms with Crippen molar-refractivity contribution in [1.29, 1.82) is 0 Å². The van der Waals surface area contributed by atoms with E-state index in [0.29, 0.717) is 11.8 Å². The molecule has 2 aliphatic rings. The molecule has 2 rings (SSSR count). The fourth-order valence-electron chi connectivity index (χ4n) is 3.81. The molecule has 4 heteroatoms. The van der Waals surface area contributed by atoms with E-state index in [1.54, 1.807) is 7.11 Å². The van der Waals surface area contributed by atoms with Crippen molar-refractivity contribution in [2.45, 2.75) is 45.1 Å². The zero-order valence-corrected chi connectivity index (χ0v) is 12.2. The third kappa shape index (κ3) is 3.69. The summed E-state index contributed by atoms with van der Waals surface area (Å²) < 4.78 is 5.27. The fraction of sp³-hybridized carbons (Fsp3) is 0.933. The summed E-state index contributed by atoms with van der Waals surface area (Å²) in [4.78, 5) is 13.9. The largest absolute Gasteiger partial charge is 0.481 e. The lowest BCUT2D eigenvalue weighted by Crippen LogP contribution is -2.51. The highest BCUT2D eigenvalue weighted by atomic mass is 16.5. The Balaban J connectivity index is 2.01. The minimum atomic E-state index is -0.606. The number of nitrogens with zero attached hydrogens (tertiary/aromatic N) is 1. The summed E-state index contributed by atoms with van der Waals surface area (Å²) in [6.45, 7) is 5.12. The minimum Gasteiger partial charge on any atom is -0.481 e. The Labute approximate surface area is 116 Å². The Morgan fingerprint density at radius 1 is 1.37 bits per heavy atom. The number of likely N-dealkylation sites (tertiary alicyclic amines) is 1. The molecule has 4 unspecified atom stereocenters. The highest BCUT2D eigenvalue weighted by molar-refractivity contribution is 5.71. The monoisotopic (exact) mass is 269 g/mol. The van der Waals surface area contributed by atoms with Crippen LogP contribution in [0.25, 0.3) is 0 Å².